The number of aromatic amines is 1. The van der Waals surface area contributed by atoms with Crippen molar-refractivity contribution in [2.45, 2.75) is 26.3 Å². The van der Waals surface area contributed by atoms with Crippen LogP contribution in [0.1, 0.15) is 18.5 Å². The molecule has 1 fully saturated rings. The Morgan fingerprint density at radius 2 is 2.04 bits per heavy atom. The number of hydrogen-bond acceptors (Lipinski definition) is 5. The van der Waals surface area contributed by atoms with E-state index in [-0.39, 0.29) is 5.56 Å². The Morgan fingerprint density at radius 3 is 2.88 bits per heavy atom. The van der Waals surface area contributed by atoms with Gasteiger partial charge in [0.1, 0.15) is 17.8 Å². The summed E-state index contributed by atoms with van der Waals surface area (Å²) in [7, 11) is 0. The van der Waals surface area contributed by atoms with Gasteiger partial charge in [0.2, 0.25) is 0 Å². The molecule has 3 aromatic rings. The smallest absolute Gasteiger partial charge is 0.266 e. The molecule has 0 unspecified atom stereocenters. The molecule has 0 amide bonds. The second-order valence-corrected chi connectivity index (χ2v) is 6.36. The van der Waals surface area contributed by atoms with Gasteiger partial charge in [-0.25, -0.2) is 14.6 Å². The molecule has 0 aromatic carbocycles. The van der Waals surface area contributed by atoms with Gasteiger partial charge < -0.3 is 9.88 Å². The minimum atomic E-state index is -0.0205. The standard InChI is InChI=1S/C17H20N6O/c1-12-2-3-15(24)23(21-12)10-13-5-8-22(9-6-13)17-14-4-7-18-16(14)19-11-20-17/h2-4,7,11,13H,5-6,8-10H2,1H3,(H,18,19,20). The summed E-state index contributed by atoms with van der Waals surface area (Å²) < 4.78 is 1.60. The lowest BCUT2D eigenvalue weighted by molar-refractivity contribution is 0.333. The largest absolute Gasteiger partial charge is 0.356 e. The molecule has 7 heteroatoms. The third-order valence-electron chi connectivity index (χ3n) is 4.68. The van der Waals surface area contributed by atoms with Crippen LogP contribution >= 0.6 is 0 Å². The third kappa shape index (κ3) is 2.77. The maximum atomic E-state index is 11.9. The van der Waals surface area contributed by atoms with Crippen LogP contribution in [0.15, 0.2) is 35.5 Å². The Hall–Kier alpha value is -2.70. The molecule has 24 heavy (non-hydrogen) atoms. The van der Waals surface area contributed by atoms with Crippen molar-refractivity contribution < 1.29 is 0 Å². The summed E-state index contributed by atoms with van der Waals surface area (Å²) in [5.74, 6) is 1.46. The monoisotopic (exact) mass is 324 g/mol. The normalized spacial score (nSPS) is 16.0. The molecule has 4 rings (SSSR count). The second-order valence-electron chi connectivity index (χ2n) is 6.36. The minimum absolute atomic E-state index is 0.0205. The zero-order valence-corrected chi connectivity index (χ0v) is 13.6. The summed E-state index contributed by atoms with van der Waals surface area (Å²) in [5.41, 5.74) is 1.73. The number of aromatic nitrogens is 5. The molecule has 0 aliphatic carbocycles. The van der Waals surface area contributed by atoms with Crippen molar-refractivity contribution in [1.82, 2.24) is 24.7 Å². The Morgan fingerprint density at radius 1 is 1.21 bits per heavy atom. The molecule has 3 aromatic heterocycles. The molecular formula is C17H20N6O. The first-order valence-corrected chi connectivity index (χ1v) is 8.28. The van der Waals surface area contributed by atoms with Crippen molar-refractivity contribution in [1.29, 1.82) is 0 Å². The molecule has 0 bridgehead atoms. The number of hydrogen-bond donors (Lipinski definition) is 1. The number of H-pyrrole nitrogens is 1. The van der Waals surface area contributed by atoms with Gasteiger partial charge >= 0.3 is 0 Å². The maximum Gasteiger partial charge on any atom is 0.266 e. The van der Waals surface area contributed by atoms with Crippen LogP contribution in [0, 0.1) is 12.8 Å². The van der Waals surface area contributed by atoms with Crippen molar-refractivity contribution in [3.63, 3.8) is 0 Å². The number of rotatable bonds is 3. The van der Waals surface area contributed by atoms with Gasteiger partial charge in [-0.2, -0.15) is 5.10 Å². The quantitative estimate of drug-likeness (QED) is 0.794. The van der Waals surface area contributed by atoms with Crippen LogP contribution in [0.25, 0.3) is 11.0 Å². The van der Waals surface area contributed by atoms with Crippen LogP contribution in [0.3, 0.4) is 0 Å². The molecule has 1 aliphatic rings. The summed E-state index contributed by atoms with van der Waals surface area (Å²) in [6.45, 7) is 4.47. The summed E-state index contributed by atoms with van der Waals surface area (Å²) >= 11 is 0. The van der Waals surface area contributed by atoms with E-state index in [4.69, 9.17) is 0 Å². The average molecular weight is 324 g/mol. The van der Waals surface area contributed by atoms with Crippen molar-refractivity contribution in [3.8, 4) is 0 Å². The number of aryl methyl sites for hydroxylation is 1. The molecule has 0 spiro atoms. The van der Waals surface area contributed by atoms with Gasteiger partial charge in [-0.05, 0) is 37.8 Å². The van der Waals surface area contributed by atoms with Crippen molar-refractivity contribution in [2.24, 2.45) is 5.92 Å². The molecule has 0 saturated carbocycles. The highest BCUT2D eigenvalue weighted by Gasteiger charge is 2.22. The second kappa shape index (κ2) is 6.07. The van der Waals surface area contributed by atoms with Gasteiger partial charge in [-0.15, -0.1) is 0 Å². The number of fused-ring (bicyclic) bond motifs is 1. The Bertz CT molecular complexity index is 907. The predicted molar refractivity (Wildman–Crippen MR) is 92.1 cm³/mol. The number of anilines is 1. The van der Waals surface area contributed by atoms with Gasteiger partial charge in [0.25, 0.3) is 5.56 Å². The number of nitrogens with one attached hydrogen (secondary N) is 1. The van der Waals surface area contributed by atoms with E-state index in [0.717, 1.165) is 48.5 Å². The highest BCUT2D eigenvalue weighted by molar-refractivity contribution is 5.87. The molecular weight excluding hydrogens is 304 g/mol. The summed E-state index contributed by atoms with van der Waals surface area (Å²) in [5, 5.41) is 5.41. The van der Waals surface area contributed by atoms with Gasteiger partial charge in [-0.3, -0.25) is 4.79 Å². The Balaban J connectivity index is 1.46. The number of nitrogens with zero attached hydrogens (tertiary/aromatic N) is 5. The van der Waals surface area contributed by atoms with E-state index in [0.29, 0.717) is 12.5 Å². The van der Waals surface area contributed by atoms with Crippen molar-refractivity contribution in [3.05, 3.63) is 46.8 Å². The van der Waals surface area contributed by atoms with E-state index in [9.17, 15) is 4.79 Å². The lowest BCUT2D eigenvalue weighted by Crippen LogP contribution is -2.37. The van der Waals surface area contributed by atoms with Crippen molar-refractivity contribution in [2.75, 3.05) is 18.0 Å². The molecule has 0 radical (unpaired) electrons. The first kappa shape index (κ1) is 14.9. The summed E-state index contributed by atoms with van der Waals surface area (Å²) in [6.07, 6.45) is 5.55. The van der Waals surface area contributed by atoms with Gasteiger partial charge in [0.05, 0.1) is 11.1 Å². The molecule has 0 atom stereocenters. The highest BCUT2D eigenvalue weighted by atomic mass is 16.1. The summed E-state index contributed by atoms with van der Waals surface area (Å²) in [6, 6.07) is 5.38. The molecule has 1 saturated heterocycles. The third-order valence-corrected chi connectivity index (χ3v) is 4.68. The van der Waals surface area contributed by atoms with Crippen LogP contribution in [0.2, 0.25) is 0 Å². The van der Waals surface area contributed by atoms with Crippen LogP contribution in [-0.4, -0.2) is 37.8 Å². The molecule has 7 nitrogen and oxygen atoms in total. The lowest BCUT2D eigenvalue weighted by Gasteiger charge is -2.33. The van der Waals surface area contributed by atoms with Gasteiger partial charge in [0.15, 0.2) is 0 Å². The van der Waals surface area contributed by atoms with Crippen LogP contribution < -0.4 is 10.5 Å². The SMILES string of the molecule is Cc1ccc(=O)n(CC2CCN(c3ncnc4[nH]ccc34)CC2)n1. The van der Waals surface area contributed by atoms with E-state index in [1.165, 1.54) is 0 Å². The van der Waals surface area contributed by atoms with Crippen LogP contribution in [0.5, 0.6) is 0 Å². The van der Waals surface area contributed by atoms with E-state index in [1.807, 2.05) is 19.2 Å². The number of piperidine rings is 1. The average Bonchev–Trinajstić information content (AvgIpc) is 3.08. The maximum absolute atomic E-state index is 11.9. The Labute approximate surface area is 139 Å². The van der Waals surface area contributed by atoms with Crippen LogP contribution in [0.4, 0.5) is 5.82 Å². The minimum Gasteiger partial charge on any atom is -0.356 e. The van der Waals surface area contributed by atoms with Crippen LogP contribution in [-0.2, 0) is 6.54 Å². The predicted octanol–water partition coefficient (Wildman–Crippen LogP) is 1.74. The fourth-order valence-corrected chi connectivity index (χ4v) is 3.36. The highest BCUT2D eigenvalue weighted by Crippen LogP contribution is 2.27. The molecule has 1 aliphatic heterocycles. The Kier molecular flexibility index (Phi) is 3.76. The lowest BCUT2D eigenvalue weighted by atomic mass is 9.96. The van der Waals surface area contributed by atoms with Crippen molar-refractivity contribution >= 4 is 16.9 Å². The summed E-state index contributed by atoms with van der Waals surface area (Å²) in [4.78, 5) is 26.1. The van der Waals surface area contributed by atoms with E-state index in [2.05, 4.69) is 25.0 Å². The molecule has 124 valence electrons. The topological polar surface area (TPSA) is 79.7 Å². The van der Waals surface area contributed by atoms with E-state index < -0.39 is 0 Å². The fourth-order valence-electron chi connectivity index (χ4n) is 3.36. The fraction of sp³-hybridized carbons (Fsp3) is 0.412. The van der Waals surface area contributed by atoms with Gasteiger partial charge in [-0.1, -0.05) is 0 Å². The molecule has 4 heterocycles. The first-order valence-electron chi connectivity index (χ1n) is 8.28. The van der Waals surface area contributed by atoms with E-state index in [1.54, 1.807) is 23.1 Å². The van der Waals surface area contributed by atoms with E-state index >= 15 is 0 Å². The van der Waals surface area contributed by atoms with Gasteiger partial charge in [0, 0.05) is 31.9 Å². The zero-order chi connectivity index (χ0) is 16.5. The zero-order valence-electron chi connectivity index (χ0n) is 13.6. The molecule has 1 N–H and O–H groups in total. The first-order chi connectivity index (χ1) is 11.7.